The third kappa shape index (κ3) is 2.29. The van der Waals surface area contributed by atoms with Gasteiger partial charge in [-0.05, 0) is 6.92 Å². The summed E-state index contributed by atoms with van der Waals surface area (Å²) < 4.78 is 0. The van der Waals surface area contributed by atoms with E-state index in [-0.39, 0.29) is 5.69 Å². The van der Waals surface area contributed by atoms with Crippen LogP contribution in [0.25, 0.3) is 0 Å². The molecule has 1 aromatic rings. The number of anilines is 1. The average molecular weight is 183 g/mol. The van der Waals surface area contributed by atoms with Crippen molar-refractivity contribution in [3.63, 3.8) is 0 Å². The summed E-state index contributed by atoms with van der Waals surface area (Å²) in [5, 5.41) is 13.1. The molecule has 0 aliphatic heterocycles. The number of aromatic amines is 1. The first-order valence-corrected chi connectivity index (χ1v) is 3.76. The van der Waals surface area contributed by atoms with Gasteiger partial charge >= 0.3 is 0 Å². The molecule has 2 N–H and O–H groups in total. The molecule has 13 heavy (non-hydrogen) atoms. The molecule has 0 aliphatic carbocycles. The van der Waals surface area contributed by atoms with E-state index < -0.39 is 10.5 Å². The number of rotatable bonds is 3. The van der Waals surface area contributed by atoms with Crippen LogP contribution in [0, 0.1) is 10.1 Å². The van der Waals surface area contributed by atoms with Gasteiger partial charge in [0.1, 0.15) is 5.82 Å². The van der Waals surface area contributed by atoms with E-state index in [0.717, 1.165) is 6.07 Å². The maximum atomic E-state index is 10.9. The van der Waals surface area contributed by atoms with Crippen LogP contribution in [-0.2, 0) is 0 Å². The molecule has 6 heteroatoms. The number of H-pyrrole nitrogens is 1. The minimum atomic E-state index is -0.601. The van der Waals surface area contributed by atoms with E-state index in [0.29, 0.717) is 12.4 Å². The first kappa shape index (κ1) is 9.24. The topological polar surface area (TPSA) is 88.0 Å². The Hall–Kier alpha value is -1.85. The van der Waals surface area contributed by atoms with E-state index in [9.17, 15) is 14.9 Å². The zero-order valence-electron chi connectivity index (χ0n) is 7.03. The molecule has 0 atom stereocenters. The second kappa shape index (κ2) is 3.70. The van der Waals surface area contributed by atoms with Gasteiger partial charge in [-0.15, -0.1) is 0 Å². The number of hydrogen-bond acceptors (Lipinski definition) is 4. The van der Waals surface area contributed by atoms with Crippen molar-refractivity contribution >= 4 is 11.5 Å². The molecule has 1 aromatic heterocycles. The Morgan fingerprint density at radius 3 is 2.85 bits per heavy atom. The molecular weight excluding hydrogens is 174 g/mol. The predicted octanol–water partition coefficient (Wildman–Crippen LogP) is 0.715. The molecule has 1 rings (SSSR count). The highest BCUT2D eigenvalue weighted by Crippen LogP contribution is 2.10. The number of aromatic nitrogens is 1. The Labute approximate surface area is 73.7 Å². The maximum absolute atomic E-state index is 10.9. The lowest BCUT2D eigenvalue weighted by Crippen LogP contribution is -2.10. The van der Waals surface area contributed by atoms with Crippen LogP contribution in [0.3, 0.4) is 0 Å². The molecule has 0 saturated heterocycles. The van der Waals surface area contributed by atoms with E-state index in [2.05, 4.69) is 10.3 Å². The van der Waals surface area contributed by atoms with Crippen molar-refractivity contribution in [3.05, 3.63) is 32.6 Å². The summed E-state index contributed by atoms with van der Waals surface area (Å²) >= 11 is 0. The quantitative estimate of drug-likeness (QED) is 0.533. The van der Waals surface area contributed by atoms with Crippen LogP contribution in [0.15, 0.2) is 16.9 Å². The molecule has 0 saturated carbocycles. The predicted molar refractivity (Wildman–Crippen MR) is 47.9 cm³/mol. The Balaban J connectivity index is 3.11. The van der Waals surface area contributed by atoms with Crippen LogP contribution in [0.5, 0.6) is 0 Å². The van der Waals surface area contributed by atoms with E-state index in [1.807, 2.05) is 6.92 Å². The number of nitrogens with zero attached hydrogens (tertiary/aromatic N) is 1. The summed E-state index contributed by atoms with van der Waals surface area (Å²) in [5.74, 6) is 0.363. The van der Waals surface area contributed by atoms with E-state index in [1.54, 1.807) is 0 Å². The fourth-order valence-corrected chi connectivity index (χ4v) is 0.920. The van der Waals surface area contributed by atoms with Crippen LogP contribution in [0.1, 0.15) is 6.92 Å². The first-order chi connectivity index (χ1) is 6.13. The van der Waals surface area contributed by atoms with Gasteiger partial charge in [0, 0.05) is 6.54 Å². The smallest absolute Gasteiger partial charge is 0.278 e. The standard InChI is InChI=1S/C7H9N3O3/c1-2-8-6-3-5(10(12)13)4-7(11)9-6/h3-4H,2H2,1H3,(H2,8,9,11). The first-order valence-electron chi connectivity index (χ1n) is 3.76. The summed E-state index contributed by atoms with van der Waals surface area (Å²) in [6, 6.07) is 2.23. The molecule has 0 radical (unpaired) electrons. The van der Waals surface area contributed by atoms with Gasteiger partial charge < -0.3 is 10.3 Å². The fourth-order valence-electron chi connectivity index (χ4n) is 0.920. The molecule has 6 nitrogen and oxygen atoms in total. The number of nitro groups is 1. The molecule has 0 unspecified atom stereocenters. The minimum Gasteiger partial charge on any atom is -0.372 e. The monoisotopic (exact) mass is 183 g/mol. The molecular formula is C7H9N3O3. The number of hydrogen-bond donors (Lipinski definition) is 2. The molecule has 0 spiro atoms. The van der Waals surface area contributed by atoms with Crippen LogP contribution >= 0.6 is 0 Å². The van der Waals surface area contributed by atoms with Crippen LogP contribution in [0.2, 0.25) is 0 Å². The maximum Gasteiger partial charge on any atom is 0.278 e. The lowest BCUT2D eigenvalue weighted by atomic mass is 10.4. The molecule has 1 heterocycles. The molecule has 0 aliphatic rings. The highest BCUT2D eigenvalue weighted by Gasteiger charge is 2.07. The normalized spacial score (nSPS) is 9.62. The van der Waals surface area contributed by atoms with Gasteiger partial charge in [-0.2, -0.15) is 0 Å². The number of nitrogens with one attached hydrogen (secondary N) is 2. The fraction of sp³-hybridized carbons (Fsp3) is 0.286. The summed E-state index contributed by atoms with van der Waals surface area (Å²) in [6.07, 6.45) is 0. The van der Waals surface area contributed by atoms with Gasteiger partial charge in [0.2, 0.25) is 0 Å². The van der Waals surface area contributed by atoms with Crippen LogP contribution in [-0.4, -0.2) is 16.5 Å². The highest BCUT2D eigenvalue weighted by atomic mass is 16.6. The molecule has 0 amide bonds. The molecule has 0 bridgehead atoms. The van der Waals surface area contributed by atoms with E-state index in [1.165, 1.54) is 6.07 Å². The van der Waals surface area contributed by atoms with Crippen molar-refractivity contribution in [3.8, 4) is 0 Å². The second-order valence-corrected chi connectivity index (χ2v) is 2.40. The van der Waals surface area contributed by atoms with Gasteiger partial charge in [0.05, 0.1) is 17.1 Å². The van der Waals surface area contributed by atoms with Gasteiger partial charge in [0.25, 0.3) is 11.2 Å². The van der Waals surface area contributed by atoms with E-state index >= 15 is 0 Å². The zero-order chi connectivity index (χ0) is 9.84. The van der Waals surface area contributed by atoms with Gasteiger partial charge in [-0.1, -0.05) is 0 Å². The summed E-state index contributed by atoms with van der Waals surface area (Å²) in [7, 11) is 0. The van der Waals surface area contributed by atoms with Crippen molar-refractivity contribution in [2.45, 2.75) is 6.92 Å². The minimum absolute atomic E-state index is 0.209. The molecule has 0 fully saturated rings. The third-order valence-electron chi connectivity index (χ3n) is 1.41. The Morgan fingerprint density at radius 2 is 2.31 bits per heavy atom. The summed E-state index contributed by atoms with van der Waals surface area (Å²) in [6.45, 7) is 2.42. The van der Waals surface area contributed by atoms with Crippen molar-refractivity contribution in [1.29, 1.82) is 0 Å². The largest absolute Gasteiger partial charge is 0.372 e. The summed E-state index contributed by atoms with van der Waals surface area (Å²) in [5.41, 5.74) is -0.690. The van der Waals surface area contributed by atoms with Crippen molar-refractivity contribution in [2.75, 3.05) is 11.9 Å². The average Bonchev–Trinajstić information content (AvgIpc) is 2.03. The Kier molecular flexibility index (Phi) is 2.63. The highest BCUT2D eigenvalue weighted by molar-refractivity contribution is 5.43. The lowest BCUT2D eigenvalue weighted by molar-refractivity contribution is -0.384. The van der Waals surface area contributed by atoms with Gasteiger partial charge in [-0.3, -0.25) is 14.9 Å². The van der Waals surface area contributed by atoms with Crippen LogP contribution < -0.4 is 10.9 Å². The van der Waals surface area contributed by atoms with E-state index in [4.69, 9.17) is 0 Å². The Morgan fingerprint density at radius 1 is 1.62 bits per heavy atom. The second-order valence-electron chi connectivity index (χ2n) is 2.40. The number of pyridine rings is 1. The SMILES string of the molecule is CCNc1cc([N+](=O)[O-])cc(=O)[nH]1. The van der Waals surface area contributed by atoms with Crippen molar-refractivity contribution in [2.24, 2.45) is 0 Å². The van der Waals surface area contributed by atoms with Crippen LogP contribution in [0.4, 0.5) is 11.5 Å². The zero-order valence-corrected chi connectivity index (χ0v) is 7.03. The van der Waals surface area contributed by atoms with Crippen molar-refractivity contribution < 1.29 is 4.92 Å². The lowest BCUT2D eigenvalue weighted by Gasteiger charge is -2.00. The molecule has 0 aromatic carbocycles. The third-order valence-corrected chi connectivity index (χ3v) is 1.41. The molecule has 70 valence electrons. The van der Waals surface area contributed by atoms with Gasteiger partial charge in [0.15, 0.2) is 0 Å². The van der Waals surface area contributed by atoms with Crippen molar-refractivity contribution in [1.82, 2.24) is 4.98 Å². The van der Waals surface area contributed by atoms with Gasteiger partial charge in [-0.25, -0.2) is 0 Å². The summed E-state index contributed by atoms with van der Waals surface area (Å²) in [4.78, 5) is 23.1. The Bertz CT molecular complexity index is 371.